The Morgan fingerprint density at radius 3 is 1.46 bits per heavy atom. The Kier molecular flexibility index (Phi) is 9.41. The molecule has 264 valence electrons. The molecule has 1 aliphatic carbocycles. The van der Waals surface area contributed by atoms with E-state index in [1.54, 1.807) is 0 Å². The molecule has 1 aliphatic rings. The predicted molar refractivity (Wildman–Crippen MR) is 221 cm³/mol. The lowest BCUT2D eigenvalue weighted by atomic mass is 9.65. The second kappa shape index (κ2) is 14.8. The number of fused-ring (bicyclic) bond motifs is 2. The number of benzene rings is 8. The summed E-state index contributed by atoms with van der Waals surface area (Å²) in [4.78, 5) is 26.2. The second-order valence-corrected chi connectivity index (χ2v) is 15.1. The molecule has 0 bridgehead atoms. The highest BCUT2D eigenvalue weighted by Crippen LogP contribution is 2.57. The van der Waals surface area contributed by atoms with Gasteiger partial charge in [0.05, 0.1) is 0 Å². The molecule has 0 aromatic heterocycles. The van der Waals surface area contributed by atoms with Crippen molar-refractivity contribution < 1.29 is 14.3 Å². The van der Waals surface area contributed by atoms with Gasteiger partial charge in [0, 0.05) is 5.92 Å². The monoisotopic (exact) mass is 718 g/mol. The lowest BCUT2D eigenvalue weighted by Gasteiger charge is -2.51. The maximum atomic E-state index is 13.1. The summed E-state index contributed by atoms with van der Waals surface area (Å²) in [5.74, 6) is -0.240. The van der Waals surface area contributed by atoms with E-state index < -0.39 is 14.2 Å². The molecule has 0 saturated heterocycles. The predicted octanol–water partition coefficient (Wildman–Crippen LogP) is 12.2. The summed E-state index contributed by atoms with van der Waals surface area (Å²) in [6.07, 6.45) is 3.19. The average molecular weight is 719 g/mol. The van der Waals surface area contributed by atoms with Gasteiger partial charge in [0.1, 0.15) is 5.60 Å². The van der Waals surface area contributed by atoms with Crippen LogP contribution in [-0.4, -0.2) is 0 Å². The molecule has 0 radical (unpaired) electrons. The standard InChI is InChI=1S/C50H39O3P/c51-54(52)53-50(49-34-42-27-25-40(36-17-7-2-8-18-36)30-44(42)33-46(49)38-21-11-4-12-22-38)28-14-13-23-48(50)47-31-41-26-24-39(35-15-5-1-6-16-35)29-43(41)32-45(47)37-19-9-3-10-20-37/h1-12,15-22,24-27,29-34,48H,13-14,23,28H2/q-2. The van der Waals surface area contributed by atoms with Gasteiger partial charge in [-0.1, -0.05) is 165 Å². The summed E-state index contributed by atoms with van der Waals surface area (Å²) in [5.41, 5.74) is 9.73. The first-order chi connectivity index (χ1) is 26.6. The summed E-state index contributed by atoms with van der Waals surface area (Å²) >= 11 is 0. The molecule has 0 aliphatic heterocycles. The highest BCUT2D eigenvalue weighted by molar-refractivity contribution is 7.36. The van der Waals surface area contributed by atoms with E-state index in [2.05, 4.69) is 146 Å². The van der Waals surface area contributed by atoms with Crippen LogP contribution in [0.4, 0.5) is 0 Å². The Bertz CT molecular complexity index is 2550. The smallest absolute Gasteiger partial charge is 0.102 e. The third-order valence-electron chi connectivity index (χ3n) is 11.3. The van der Waals surface area contributed by atoms with Gasteiger partial charge in [-0.2, -0.15) is 8.60 Å². The van der Waals surface area contributed by atoms with E-state index in [4.69, 9.17) is 4.52 Å². The highest BCUT2D eigenvalue weighted by atomic mass is 31.2. The van der Waals surface area contributed by atoms with E-state index in [9.17, 15) is 9.79 Å². The van der Waals surface area contributed by atoms with E-state index in [1.807, 2.05) is 36.4 Å². The van der Waals surface area contributed by atoms with Gasteiger partial charge >= 0.3 is 0 Å². The maximum absolute atomic E-state index is 13.1. The molecule has 1 fully saturated rings. The first-order valence-electron chi connectivity index (χ1n) is 18.8. The normalized spacial score (nSPS) is 17.3. The highest BCUT2D eigenvalue weighted by Gasteiger charge is 2.46. The van der Waals surface area contributed by atoms with Gasteiger partial charge in [-0.3, -0.25) is 0 Å². The second-order valence-electron chi connectivity index (χ2n) is 14.4. The third kappa shape index (κ3) is 6.55. The lowest BCUT2D eigenvalue weighted by molar-refractivity contribution is -0.329. The fourth-order valence-electron chi connectivity index (χ4n) is 8.76. The van der Waals surface area contributed by atoms with Crippen molar-refractivity contribution in [2.75, 3.05) is 0 Å². The van der Waals surface area contributed by atoms with Crippen molar-refractivity contribution in [2.45, 2.75) is 37.2 Å². The maximum Gasteiger partial charge on any atom is 0.102 e. The van der Waals surface area contributed by atoms with Gasteiger partial charge in [0.25, 0.3) is 0 Å². The number of rotatable bonds is 8. The molecule has 0 heterocycles. The van der Waals surface area contributed by atoms with Crippen molar-refractivity contribution in [1.82, 2.24) is 0 Å². The van der Waals surface area contributed by atoms with Crippen molar-refractivity contribution in [3.63, 3.8) is 0 Å². The van der Waals surface area contributed by atoms with Crippen LogP contribution in [-0.2, 0) is 10.1 Å². The number of hydrogen-bond donors (Lipinski definition) is 0. The zero-order chi connectivity index (χ0) is 36.5. The summed E-state index contributed by atoms with van der Waals surface area (Å²) in [6, 6.07) is 64.0. The third-order valence-corrected chi connectivity index (χ3v) is 11.8. The van der Waals surface area contributed by atoms with Gasteiger partial charge in [-0.05, 0) is 120 Å². The van der Waals surface area contributed by atoms with Crippen LogP contribution >= 0.6 is 8.60 Å². The zero-order valence-corrected chi connectivity index (χ0v) is 30.8. The molecule has 54 heavy (non-hydrogen) atoms. The number of hydrogen-bond acceptors (Lipinski definition) is 3. The van der Waals surface area contributed by atoms with Crippen LogP contribution in [0.2, 0.25) is 0 Å². The van der Waals surface area contributed by atoms with E-state index in [0.717, 1.165) is 90.9 Å². The molecular formula is C50H39O3P-2. The molecule has 9 rings (SSSR count). The van der Waals surface area contributed by atoms with E-state index in [0.29, 0.717) is 6.42 Å². The minimum Gasteiger partial charge on any atom is -0.820 e. The van der Waals surface area contributed by atoms with Gasteiger partial charge < -0.3 is 14.3 Å². The van der Waals surface area contributed by atoms with Gasteiger partial charge in [-0.25, -0.2) is 0 Å². The molecule has 4 heteroatoms. The molecule has 0 amide bonds. The molecule has 3 nitrogen and oxygen atoms in total. The van der Waals surface area contributed by atoms with Crippen LogP contribution in [0.5, 0.6) is 0 Å². The van der Waals surface area contributed by atoms with Crippen LogP contribution in [0, 0.1) is 0 Å². The Morgan fingerprint density at radius 2 is 0.926 bits per heavy atom. The van der Waals surface area contributed by atoms with E-state index >= 15 is 0 Å². The van der Waals surface area contributed by atoms with Crippen LogP contribution in [0.15, 0.2) is 182 Å². The SMILES string of the molecule is [O-]P([O-])OC1(c2cc3ccc(-c4ccccc4)cc3cc2-c2ccccc2)CCCCC1c1cc2ccc(-c3ccccc3)cc2cc1-c1ccccc1. The Morgan fingerprint density at radius 1 is 0.444 bits per heavy atom. The van der Waals surface area contributed by atoms with E-state index in [1.165, 1.54) is 5.56 Å². The summed E-state index contributed by atoms with van der Waals surface area (Å²) < 4.78 is 6.47. The van der Waals surface area contributed by atoms with Crippen molar-refractivity contribution in [2.24, 2.45) is 0 Å². The Balaban J connectivity index is 1.29. The largest absolute Gasteiger partial charge is 0.820 e. The molecular weight excluding hydrogens is 680 g/mol. The quantitative estimate of drug-likeness (QED) is 0.147. The molecule has 8 aromatic carbocycles. The zero-order valence-electron chi connectivity index (χ0n) is 29.9. The molecule has 2 atom stereocenters. The van der Waals surface area contributed by atoms with Crippen LogP contribution in [0.25, 0.3) is 66.1 Å². The minimum absolute atomic E-state index is 0.240. The van der Waals surface area contributed by atoms with Crippen molar-refractivity contribution in [3.05, 3.63) is 193 Å². The summed E-state index contributed by atoms with van der Waals surface area (Å²) in [6.45, 7) is 0. The molecule has 1 saturated carbocycles. The van der Waals surface area contributed by atoms with E-state index in [-0.39, 0.29) is 5.92 Å². The molecule has 8 aromatic rings. The molecule has 0 spiro atoms. The van der Waals surface area contributed by atoms with Crippen molar-refractivity contribution in [1.29, 1.82) is 0 Å². The summed E-state index contributed by atoms with van der Waals surface area (Å²) in [7, 11) is -3.20. The fraction of sp³-hybridized carbons (Fsp3) is 0.120. The van der Waals surface area contributed by atoms with Crippen LogP contribution in [0.1, 0.15) is 42.7 Å². The van der Waals surface area contributed by atoms with Gasteiger partial charge in [-0.15, -0.1) is 0 Å². The minimum atomic E-state index is -3.20. The Hall–Kier alpha value is -5.41. The van der Waals surface area contributed by atoms with Gasteiger partial charge in [0.2, 0.25) is 0 Å². The molecule has 0 N–H and O–H groups in total. The summed E-state index contributed by atoms with van der Waals surface area (Å²) in [5, 5.41) is 4.40. The molecule has 2 unspecified atom stereocenters. The van der Waals surface area contributed by atoms with Crippen LogP contribution < -0.4 is 9.79 Å². The Labute approximate surface area is 318 Å². The average Bonchev–Trinajstić information content (AvgIpc) is 3.23. The first kappa shape index (κ1) is 34.4. The fourth-order valence-corrected chi connectivity index (χ4v) is 9.34. The van der Waals surface area contributed by atoms with Gasteiger partial charge in [0.15, 0.2) is 0 Å². The van der Waals surface area contributed by atoms with Crippen molar-refractivity contribution in [3.8, 4) is 44.5 Å². The first-order valence-corrected chi connectivity index (χ1v) is 19.9. The van der Waals surface area contributed by atoms with Crippen LogP contribution in [0.3, 0.4) is 0 Å². The lowest BCUT2D eigenvalue weighted by Crippen LogP contribution is -2.41. The van der Waals surface area contributed by atoms with Crippen molar-refractivity contribution >= 4 is 30.1 Å². The topological polar surface area (TPSA) is 55.3 Å².